The van der Waals surface area contributed by atoms with Gasteiger partial charge in [0.2, 0.25) is 0 Å². The van der Waals surface area contributed by atoms with E-state index in [0.717, 1.165) is 0 Å². The first-order valence-electron chi connectivity index (χ1n) is 8.59. The van der Waals surface area contributed by atoms with Crippen LogP contribution >= 0.6 is 11.6 Å². The zero-order valence-corrected chi connectivity index (χ0v) is 16.9. The second-order valence-corrected chi connectivity index (χ2v) is 7.14. The molecule has 1 aromatic rings. The lowest BCUT2D eigenvalue weighted by Gasteiger charge is -2.40. The maximum atomic E-state index is 12.2. The van der Waals surface area contributed by atoms with E-state index in [1.165, 1.54) is 0 Å². The molecule has 142 valence electrons. The Morgan fingerprint density at radius 1 is 1.32 bits per heavy atom. The van der Waals surface area contributed by atoms with E-state index in [1.807, 2.05) is 46.4 Å². The molecule has 1 amide bonds. The Labute approximate surface area is 154 Å². The molecule has 0 saturated carbocycles. The van der Waals surface area contributed by atoms with E-state index in [0.29, 0.717) is 31.3 Å². The molecule has 0 bridgehead atoms. The summed E-state index contributed by atoms with van der Waals surface area (Å²) in [4.78, 5) is 34.5. The molecule has 1 N–H and O–H groups in total. The molecule has 1 fully saturated rings. The minimum atomic E-state index is -0.522. The summed E-state index contributed by atoms with van der Waals surface area (Å²) in [6.45, 7) is 14.7. The van der Waals surface area contributed by atoms with Crippen LogP contribution in [-0.4, -0.2) is 52.2 Å². The van der Waals surface area contributed by atoms with Gasteiger partial charge >= 0.3 is 6.09 Å². The molecule has 0 aliphatic carbocycles. The molecule has 0 spiro atoms. The Balaban J connectivity index is 0.00000151. The van der Waals surface area contributed by atoms with E-state index >= 15 is 0 Å². The zero-order valence-electron chi connectivity index (χ0n) is 16.1. The number of halogens is 1. The summed E-state index contributed by atoms with van der Waals surface area (Å²) in [5.41, 5.74) is -0.873. The van der Waals surface area contributed by atoms with Crippen molar-refractivity contribution in [2.45, 2.75) is 60.1 Å². The van der Waals surface area contributed by atoms with Crippen molar-refractivity contribution >= 4 is 23.5 Å². The van der Waals surface area contributed by atoms with Crippen molar-refractivity contribution in [1.82, 2.24) is 14.9 Å². The van der Waals surface area contributed by atoms with Gasteiger partial charge in [-0.2, -0.15) is 0 Å². The van der Waals surface area contributed by atoms with Gasteiger partial charge in [-0.1, -0.05) is 25.4 Å². The van der Waals surface area contributed by atoms with E-state index in [4.69, 9.17) is 16.3 Å². The zero-order chi connectivity index (χ0) is 19.4. The summed E-state index contributed by atoms with van der Waals surface area (Å²) in [5, 5.41) is 0.0770. The van der Waals surface area contributed by atoms with Crippen molar-refractivity contribution in [1.29, 1.82) is 0 Å². The maximum Gasteiger partial charge on any atom is 0.410 e. The number of aromatic amines is 1. The van der Waals surface area contributed by atoms with Gasteiger partial charge in [-0.15, -0.1) is 0 Å². The molecular formula is C17H29ClN4O3. The van der Waals surface area contributed by atoms with Gasteiger partial charge in [-0.25, -0.2) is 9.78 Å². The van der Waals surface area contributed by atoms with E-state index in [9.17, 15) is 9.59 Å². The molecule has 2 rings (SSSR count). The van der Waals surface area contributed by atoms with Gasteiger partial charge in [0.05, 0.1) is 0 Å². The second-order valence-electron chi connectivity index (χ2n) is 6.76. The number of amides is 1. The van der Waals surface area contributed by atoms with Crippen LogP contribution in [0.2, 0.25) is 5.02 Å². The number of hydrogen-bond acceptors (Lipinski definition) is 5. The first-order valence-corrected chi connectivity index (χ1v) is 8.97. The fraction of sp³-hybridized carbons (Fsp3) is 0.706. The Hall–Kier alpha value is -1.76. The smallest absolute Gasteiger partial charge is 0.410 e. The van der Waals surface area contributed by atoms with Crippen LogP contribution in [0, 0.1) is 6.92 Å². The normalized spacial score (nSPS) is 17.7. The van der Waals surface area contributed by atoms with Crippen molar-refractivity contribution < 1.29 is 9.53 Å². The largest absolute Gasteiger partial charge is 0.444 e. The fourth-order valence-electron chi connectivity index (χ4n) is 2.51. The SMILES string of the molecule is CC.Cc1nc(N2CCN(C(=O)OC(C)(C)C)CC2C)c(Cl)c(=O)[nH]1. The Morgan fingerprint density at radius 2 is 1.92 bits per heavy atom. The lowest BCUT2D eigenvalue weighted by Crippen LogP contribution is -2.55. The summed E-state index contributed by atoms with van der Waals surface area (Å²) in [5.74, 6) is 0.973. The lowest BCUT2D eigenvalue weighted by molar-refractivity contribution is 0.0218. The van der Waals surface area contributed by atoms with Gasteiger partial charge in [-0.3, -0.25) is 4.79 Å². The Bertz CT molecular complexity index is 654. The van der Waals surface area contributed by atoms with Crippen molar-refractivity contribution in [2.75, 3.05) is 24.5 Å². The van der Waals surface area contributed by atoms with Crippen LogP contribution in [-0.2, 0) is 4.74 Å². The number of nitrogens with one attached hydrogen (secondary N) is 1. The standard InChI is InChI=1S/C15H23ClN4O3.C2H6/c1-9-8-19(14(22)23-15(3,4)5)6-7-20(9)12-11(16)13(21)18-10(2)17-12;1-2/h9H,6-8H2,1-5H3,(H,17,18,21);1-2H3. The molecule has 1 aliphatic heterocycles. The summed E-state index contributed by atoms with van der Waals surface area (Å²) >= 11 is 6.10. The quantitative estimate of drug-likeness (QED) is 0.818. The fourth-order valence-corrected chi connectivity index (χ4v) is 2.71. The Kier molecular flexibility index (Phi) is 7.29. The van der Waals surface area contributed by atoms with Crippen molar-refractivity contribution in [2.24, 2.45) is 0 Å². The highest BCUT2D eigenvalue weighted by Crippen LogP contribution is 2.24. The van der Waals surface area contributed by atoms with Gasteiger partial charge in [0.25, 0.3) is 5.56 Å². The number of H-pyrrole nitrogens is 1. The molecule has 1 saturated heterocycles. The summed E-state index contributed by atoms with van der Waals surface area (Å²) in [7, 11) is 0. The molecule has 1 aromatic heterocycles. The van der Waals surface area contributed by atoms with Crippen LogP contribution in [0.25, 0.3) is 0 Å². The number of nitrogens with zero attached hydrogens (tertiary/aromatic N) is 3. The van der Waals surface area contributed by atoms with Gasteiger partial charge in [0.15, 0.2) is 5.82 Å². The molecule has 7 nitrogen and oxygen atoms in total. The minimum Gasteiger partial charge on any atom is -0.444 e. The van der Waals surface area contributed by atoms with Crippen LogP contribution in [0.4, 0.5) is 10.6 Å². The van der Waals surface area contributed by atoms with Crippen molar-refractivity contribution in [3.63, 3.8) is 0 Å². The first kappa shape index (κ1) is 21.3. The predicted octanol–water partition coefficient (Wildman–Crippen LogP) is 3.20. The van der Waals surface area contributed by atoms with Crippen LogP contribution in [0.5, 0.6) is 0 Å². The van der Waals surface area contributed by atoms with E-state index < -0.39 is 5.60 Å². The highest BCUT2D eigenvalue weighted by molar-refractivity contribution is 6.32. The number of carbonyl (C=O) groups excluding carboxylic acids is 1. The third-order valence-corrected chi connectivity index (χ3v) is 3.86. The molecule has 25 heavy (non-hydrogen) atoms. The average molecular weight is 373 g/mol. The van der Waals surface area contributed by atoms with Gasteiger partial charge in [0, 0.05) is 25.7 Å². The minimum absolute atomic E-state index is 0.0255. The summed E-state index contributed by atoms with van der Waals surface area (Å²) in [6, 6.07) is -0.0255. The monoisotopic (exact) mass is 372 g/mol. The molecular weight excluding hydrogens is 344 g/mol. The molecule has 1 atom stereocenters. The van der Waals surface area contributed by atoms with Crippen LogP contribution < -0.4 is 10.5 Å². The van der Waals surface area contributed by atoms with Crippen molar-refractivity contribution in [3.8, 4) is 0 Å². The van der Waals surface area contributed by atoms with Crippen LogP contribution in [0.15, 0.2) is 4.79 Å². The van der Waals surface area contributed by atoms with E-state index in [-0.39, 0.29) is 22.7 Å². The van der Waals surface area contributed by atoms with Gasteiger partial charge in [-0.05, 0) is 34.6 Å². The van der Waals surface area contributed by atoms with E-state index in [1.54, 1.807) is 11.8 Å². The number of ether oxygens (including phenoxy) is 1. The summed E-state index contributed by atoms with van der Waals surface area (Å²) < 4.78 is 5.40. The molecule has 1 aliphatic rings. The number of rotatable bonds is 1. The molecule has 2 heterocycles. The average Bonchev–Trinajstić information content (AvgIpc) is 2.51. The first-order chi connectivity index (χ1) is 11.6. The number of carbonyl (C=O) groups is 1. The van der Waals surface area contributed by atoms with E-state index in [2.05, 4.69) is 9.97 Å². The number of piperazine rings is 1. The number of aryl methyl sites for hydroxylation is 1. The van der Waals surface area contributed by atoms with Crippen LogP contribution in [0.1, 0.15) is 47.4 Å². The van der Waals surface area contributed by atoms with Crippen LogP contribution in [0.3, 0.4) is 0 Å². The third-order valence-electron chi connectivity index (χ3n) is 3.51. The number of anilines is 1. The number of aromatic nitrogens is 2. The second kappa shape index (κ2) is 8.56. The summed E-state index contributed by atoms with van der Waals surface area (Å²) in [6.07, 6.45) is -0.329. The highest BCUT2D eigenvalue weighted by Gasteiger charge is 2.31. The van der Waals surface area contributed by atoms with Gasteiger partial charge < -0.3 is 19.5 Å². The highest BCUT2D eigenvalue weighted by atomic mass is 35.5. The Morgan fingerprint density at radius 3 is 2.44 bits per heavy atom. The predicted molar refractivity (Wildman–Crippen MR) is 101 cm³/mol. The third kappa shape index (κ3) is 5.63. The van der Waals surface area contributed by atoms with Crippen molar-refractivity contribution in [3.05, 3.63) is 21.2 Å². The molecule has 1 unspecified atom stereocenters. The molecule has 8 heteroatoms. The maximum absolute atomic E-state index is 12.2. The topological polar surface area (TPSA) is 78.5 Å². The van der Waals surface area contributed by atoms with Gasteiger partial charge in [0.1, 0.15) is 16.4 Å². The number of hydrogen-bond donors (Lipinski definition) is 1. The molecule has 0 aromatic carbocycles. The molecule has 0 radical (unpaired) electrons. The lowest BCUT2D eigenvalue weighted by atomic mass is 10.2.